The van der Waals surface area contributed by atoms with Gasteiger partial charge in [-0.1, -0.05) is 5.21 Å². The predicted molar refractivity (Wildman–Crippen MR) is 59.9 cm³/mol. The number of carbonyl (C=O) groups excluding carboxylic acids is 2. The first-order chi connectivity index (χ1) is 8.92. The minimum atomic E-state index is -1.15. The van der Waals surface area contributed by atoms with Crippen molar-refractivity contribution in [3.8, 4) is 0 Å². The molecule has 0 saturated carbocycles. The van der Waals surface area contributed by atoms with Crippen molar-refractivity contribution in [2.45, 2.75) is 19.0 Å². The van der Waals surface area contributed by atoms with Crippen LogP contribution in [0.5, 0.6) is 0 Å². The van der Waals surface area contributed by atoms with Gasteiger partial charge in [0.25, 0.3) is 5.91 Å². The van der Waals surface area contributed by atoms with E-state index in [0.717, 1.165) is 11.8 Å². The molecule has 1 heterocycles. The van der Waals surface area contributed by atoms with Crippen LogP contribution >= 0.6 is 0 Å². The quantitative estimate of drug-likeness (QED) is 0.562. The lowest BCUT2D eigenvalue weighted by Gasteiger charge is -2.02. The number of hydrogen-bond acceptors (Lipinski definition) is 7. The molecule has 0 fully saturated rings. The molecule has 0 spiro atoms. The van der Waals surface area contributed by atoms with Gasteiger partial charge in [0.1, 0.15) is 12.6 Å². The SMILES string of the molecule is COC(=O)NC(=O)Cn1cc(CC(N)C(=O)O)nn1. The summed E-state index contributed by atoms with van der Waals surface area (Å²) in [6.07, 6.45) is 0.492. The Bertz CT molecular complexity index is 485. The molecule has 1 aromatic rings. The van der Waals surface area contributed by atoms with Crippen LogP contribution in [0.2, 0.25) is 0 Å². The molecule has 0 aliphatic carbocycles. The number of carboxylic acids is 1. The third-order valence-electron chi connectivity index (χ3n) is 2.06. The Morgan fingerprint density at radius 2 is 2.26 bits per heavy atom. The first kappa shape index (κ1) is 14.6. The Kier molecular flexibility index (Phi) is 4.94. The fourth-order valence-corrected chi connectivity index (χ4v) is 1.17. The van der Waals surface area contributed by atoms with Gasteiger partial charge >= 0.3 is 12.1 Å². The molecule has 0 radical (unpaired) electrons. The summed E-state index contributed by atoms with van der Waals surface area (Å²) in [5.41, 5.74) is 5.66. The van der Waals surface area contributed by atoms with Gasteiger partial charge in [0.15, 0.2) is 0 Å². The Labute approximate surface area is 107 Å². The van der Waals surface area contributed by atoms with E-state index in [1.54, 1.807) is 0 Å². The van der Waals surface area contributed by atoms with Gasteiger partial charge in [-0.15, -0.1) is 5.10 Å². The van der Waals surface area contributed by atoms with Gasteiger partial charge in [-0.25, -0.2) is 9.48 Å². The van der Waals surface area contributed by atoms with Gasteiger partial charge < -0.3 is 15.6 Å². The zero-order chi connectivity index (χ0) is 14.4. The molecule has 1 aromatic heterocycles. The summed E-state index contributed by atoms with van der Waals surface area (Å²) < 4.78 is 5.40. The zero-order valence-corrected chi connectivity index (χ0v) is 10.1. The van der Waals surface area contributed by atoms with E-state index in [1.165, 1.54) is 6.20 Å². The summed E-state index contributed by atoms with van der Waals surface area (Å²) in [5.74, 6) is -1.79. The number of ether oxygens (including phenoxy) is 1. The highest BCUT2D eigenvalue weighted by atomic mass is 16.5. The van der Waals surface area contributed by atoms with Crippen LogP contribution in [0.25, 0.3) is 0 Å². The van der Waals surface area contributed by atoms with Gasteiger partial charge in [0.2, 0.25) is 0 Å². The minimum Gasteiger partial charge on any atom is -0.480 e. The Hall–Kier alpha value is -2.49. The molecule has 104 valence electrons. The summed E-state index contributed by atoms with van der Waals surface area (Å²) in [4.78, 5) is 32.6. The molecule has 1 rings (SSSR count). The number of aliphatic carboxylic acids is 1. The Morgan fingerprint density at radius 3 is 2.84 bits per heavy atom. The van der Waals surface area contributed by atoms with E-state index < -0.39 is 24.0 Å². The maximum atomic E-state index is 11.3. The van der Waals surface area contributed by atoms with E-state index in [-0.39, 0.29) is 13.0 Å². The van der Waals surface area contributed by atoms with Gasteiger partial charge in [0.05, 0.1) is 12.8 Å². The van der Waals surface area contributed by atoms with Crippen LogP contribution in [0.4, 0.5) is 4.79 Å². The summed E-state index contributed by atoms with van der Waals surface area (Å²) >= 11 is 0. The first-order valence-corrected chi connectivity index (χ1v) is 5.17. The number of methoxy groups -OCH3 is 1. The number of hydrogen-bond donors (Lipinski definition) is 3. The highest BCUT2D eigenvalue weighted by molar-refractivity contribution is 5.91. The summed E-state index contributed by atoms with van der Waals surface area (Å²) in [6, 6.07) is -1.09. The van der Waals surface area contributed by atoms with Crippen molar-refractivity contribution in [3.05, 3.63) is 11.9 Å². The highest BCUT2D eigenvalue weighted by Gasteiger charge is 2.15. The molecule has 1 unspecified atom stereocenters. The number of carbonyl (C=O) groups is 3. The normalized spacial score (nSPS) is 11.7. The maximum Gasteiger partial charge on any atom is 0.413 e. The molecule has 0 aromatic carbocycles. The number of amides is 2. The van der Waals surface area contributed by atoms with Gasteiger partial charge in [-0.3, -0.25) is 14.9 Å². The summed E-state index contributed by atoms with van der Waals surface area (Å²) in [6.45, 7) is -0.246. The topological polar surface area (TPSA) is 149 Å². The van der Waals surface area contributed by atoms with Gasteiger partial charge in [0, 0.05) is 12.6 Å². The second-order valence-electron chi connectivity index (χ2n) is 3.60. The van der Waals surface area contributed by atoms with Gasteiger partial charge in [-0.2, -0.15) is 0 Å². The minimum absolute atomic E-state index is 0.00600. The number of nitrogens with one attached hydrogen (secondary N) is 1. The van der Waals surface area contributed by atoms with Crippen molar-refractivity contribution in [3.63, 3.8) is 0 Å². The molecule has 0 bridgehead atoms. The van der Waals surface area contributed by atoms with Crippen LogP contribution < -0.4 is 11.1 Å². The van der Waals surface area contributed by atoms with E-state index in [1.807, 2.05) is 5.32 Å². The summed E-state index contributed by atoms with van der Waals surface area (Å²) in [5, 5.41) is 17.8. The molecular formula is C9H13N5O5. The largest absolute Gasteiger partial charge is 0.480 e. The molecular weight excluding hydrogens is 258 g/mol. The van der Waals surface area contributed by atoms with Crippen molar-refractivity contribution in [2.24, 2.45) is 5.73 Å². The average Bonchev–Trinajstić information content (AvgIpc) is 2.75. The standard InChI is InChI=1S/C9H13N5O5/c1-19-9(18)11-7(15)4-14-3-5(12-13-14)2-6(10)8(16)17/h3,6H,2,4,10H2,1H3,(H,16,17)(H,11,15,18). The Balaban J connectivity index is 2.53. The number of imide groups is 1. The van der Waals surface area contributed by atoms with Crippen molar-refractivity contribution in [1.29, 1.82) is 0 Å². The third-order valence-corrected chi connectivity index (χ3v) is 2.06. The lowest BCUT2D eigenvalue weighted by atomic mass is 10.2. The molecule has 19 heavy (non-hydrogen) atoms. The van der Waals surface area contributed by atoms with Crippen LogP contribution in [0.1, 0.15) is 5.69 Å². The van der Waals surface area contributed by atoms with E-state index >= 15 is 0 Å². The Morgan fingerprint density at radius 1 is 1.58 bits per heavy atom. The molecule has 0 saturated heterocycles. The van der Waals surface area contributed by atoms with Crippen molar-refractivity contribution < 1.29 is 24.2 Å². The second-order valence-corrected chi connectivity index (χ2v) is 3.60. The molecule has 2 amide bonds. The number of alkyl carbamates (subject to hydrolysis) is 1. The number of aromatic nitrogens is 3. The smallest absolute Gasteiger partial charge is 0.413 e. The van der Waals surface area contributed by atoms with E-state index in [9.17, 15) is 14.4 Å². The van der Waals surface area contributed by atoms with E-state index in [0.29, 0.717) is 5.69 Å². The molecule has 0 aliphatic rings. The fourth-order valence-electron chi connectivity index (χ4n) is 1.17. The lowest BCUT2D eigenvalue weighted by Crippen LogP contribution is -2.33. The number of nitrogens with zero attached hydrogens (tertiary/aromatic N) is 3. The first-order valence-electron chi connectivity index (χ1n) is 5.17. The fraction of sp³-hybridized carbons (Fsp3) is 0.444. The van der Waals surface area contributed by atoms with Crippen LogP contribution in [-0.4, -0.2) is 51.2 Å². The van der Waals surface area contributed by atoms with Crippen molar-refractivity contribution in [2.75, 3.05) is 7.11 Å². The zero-order valence-electron chi connectivity index (χ0n) is 10.1. The molecule has 0 aliphatic heterocycles. The molecule has 10 heteroatoms. The van der Waals surface area contributed by atoms with Crippen LogP contribution in [0.15, 0.2) is 6.20 Å². The number of rotatable bonds is 5. The number of nitrogens with two attached hydrogens (primary N) is 1. The van der Waals surface area contributed by atoms with Crippen LogP contribution in [0, 0.1) is 0 Å². The van der Waals surface area contributed by atoms with Crippen molar-refractivity contribution in [1.82, 2.24) is 20.3 Å². The van der Waals surface area contributed by atoms with Gasteiger partial charge in [-0.05, 0) is 0 Å². The monoisotopic (exact) mass is 271 g/mol. The maximum absolute atomic E-state index is 11.3. The van der Waals surface area contributed by atoms with Crippen molar-refractivity contribution >= 4 is 18.0 Å². The van der Waals surface area contributed by atoms with Crippen LogP contribution in [0.3, 0.4) is 0 Å². The highest BCUT2D eigenvalue weighted by Crippen LogP contribution is 1.98. The third kappa shape index (κ3) is 4.71. The average molecular weight is 271 g/mol. The summed E-state index contributed by atoms with van der Waals surface area (Å²) in [7, 11) is 1.13. The van der Waals surface area contributed by atoms with E-state index in [4.69, 9.17) is 10.8 Å². The predicted octanol–water partition coefficient (Wildman–Crippen LogP) is -1.88. The lowest BCUT2D eigenvalue weighted by molar-refractivity contribution is -0.138. The molecule has 1 atom stereocenters. The van der Waals surface area contributed by atoms with E-state index in [2.05, 4.69) is 15.0 Å². The number of carboxylic acid groups (broad SMARTS) is 1. The van der Waals surface area contributed by atoms with Crippen LogP contribution in [-0.2, 0) is 27.3 Å². The molecule has 10 nitrogen and oxygen atoms in total. The second kappa shape index (κ2) is 6.44. The molecule has 4 N–H and O–H groups in total.